The summed E-state index contributed by atoms with van der Waals surface area (Å²) in [5, 5.41) is 0.286. The van der Waals surface area contributed by atoms with Crippen LogP contribution in [0.3, 0.4) is 0 Å². The number of hydrogen-bond donors (Lipinski definition) is 0. The first-order valence-corrected chi connectivity index (χ1v) is 8.65. The van der Waals surface area contributed by atoms with Crippen LogP contribution in [0.1, 0.15) is 18.1 Å². The highest BCUT2D eigenvalue weighted by atomic mass is 35.5. The Labute approximate surface area is 157 Å². The minimum atomic E-state index is -0.955. The fourth-order valence-electron chi connectivity index (χ4n) is 3.15. The maximum absolute atomic E-state index is 13.1. The van der Waals surface area contributed by atoms with Gasteiger partial charge in [0.25, 0.3) is 11.8 Å². The van der Waals surface area contributed by atoms with Crippen molar-refractivity contribution in [1.29, 1.82) is 0 Å². The summed E-state index contributed by atoms with van der Waals surface area (Å²) in [5.41, 5.74) is 0.915. The molecule has 6 heteroatoms. The van der Waals surface area contributed by atoms with Crippen LogP contribution in [-0.2, 0) is 16.0 Å². The lowest BCUT2D eigenvalue weighted by atomic mass is 9.87. The van der Waals surface area contributed by atoms with E-state index in [0.717, 1.165) is 5.56 Å². The SMILES string of the molecule is CN1C(=O)C(C)(Cc2ccccc2)N(C)C(=O)/C1=C\c1cccnc1Cl. The van der Waals surface area contributed by atoms with Gasteiger partial charge in [-0.25, -0.2) is 4.98 Å². The summed E-state index contributed by atoms with van der Waals surface area (Å²) in [6.45, 7) is 1.80. The van der Waals surface area contributed by atoms with Crippen molar-refractivity contribution >= 4 is 29.5 Å². The third-order valence-electron chi connectivity index (χ3n) is 4.86. The maximum atomic E-state index is 13.1. The molecule has 1 saturated heterocycles. The topological polar surface area (TPSA) is 53.5 Å². The Balaban J connectivity index is 1.98. The largest absolute Gasteiger partial charge is 0.326 e. The molecule has 2 heterocycles. The normalized spacial score (nSPS) is 22.2. The van der Waals surface area contributed by atoms with E-state index in [4.69, 9.17) is 11.6 Å². The van der Waals surface area contributed by atoms with E-state index < -0.39 is 5.54 Å². The van der Waals surface area contributed by atoms with Crippen LogP contribution >= 0.6 is 11.6 Å². The van der Waals surface area contributed by atoms with Gasteiger partial charge in [-0.05, 0) is 24.6 Å². The summed E-state index contributed by atoms with van der Waals surface area (Å²) >= 11 is 6.09. The van der Waals surface area contributed by atoms with Gasteiger partial charge in [0.1, 0.15) is 16.4 Å². The molecule has 2 aromatic rings. The Morgan fingerprint density at radius 1 is 1.12 bits per heavy atom. The number of rotatable bonds is 3. The molecule has 0 radical (unpaired) electrons. The predicted octanol–water partition coefficient (Wildman–Crippen LogP) is 3.01. The number of nitrogens with zero attached hydrogens (tertiary/aromatic N) is 3. The zero-order chi connectivity index (χ0) is 18.9. The van der Waals surface area contributed by atoms with E-state index in [1.165, 1.54) is 9.80 Å². The molecule has 1 atom stereocenters. The van der Waals surface area contributed by atoms with Gasteiger partial charge in [-0.3, -0.25) is 9.59 Å². The molecule has 0 bridgehead atoms. The van der Waals surface area contributed by atoms with Crippen molar-refractivity contribution in [2.75, 3.05) is 14.1 Å². The number of piperazine rings is 1. The van der Waals surface area contributed by atoms with E-state index >= 15 is 0 Å². The molecule has 1 unspecified atom stereocenters. The molecule has 0 saturated carbocycles. The molecule has 26 heavy (non-hydrogen) atoms. The van der Waals surface area contributed by atoms with Gasteiger partial charge in [0.15, 0.2) is 0 Å². The van der Waals surface area contributed by atoms with Crippen molar-refractivity contribution in [3.05, 3.63) is 70.6 Å². The fourth-order valence-corrected chi connectivity index (χ4v) is 3.33. The van der Waals surface area contributed by atoms with Gasteiger partial charge in [0.05, 0.1) is 0 Å². The lowest BCUT2D eigenvalue weighted by Crippen LogP contribution is -2.64. The van der Waals surface area contributed by atoms with Crippen LogP contribution in [-0.4, -0.2) is 46.2 Å². The number of carbonyl (C=O) groups excluding carboxylic acids is 2. The van der Waals surface area contributed by atoms with E-state index in [1.54, 1.807) is 45.4 Å². The van der Waals surface area contributed by atoms with Gasteiger partial charge >= 0.3 is 0 Å². The standard InChI is InChI=1S/C20H20ClN3O2/c1-20(13-14-8-5-4-6-9-14)19(26)23(2)16(18(25)24(20)3)12-15-10-7-11-22-17(15)21/h4-12H,13H2,1-3H3/b16-12+. The van der Waals surface area contributed by atoms with Crippen molar-refractivity contribution in [3.63, 3.8) is 0 Å². The Kier molecular flexibility index (Phi) is 4.83. The van der Waals surface area contributed by atoms with Gasteiger partial charge < -0.3 is 9.80 Å². The highest BCUT2D eigenvalue weighted by Gasteiger charge is 2.48. The summed E-state index contributed by atoms with van der Waals surface area (Å²) in [4.78, 5) is 33.1. The molecule has 1 aliphatic heterocycles. The summed E-state index contributed by atoms with van der Waals surface area (Å²) < 4.78 is 0. The van der Waals surface area contributed by atoms with Crippen LogP contribution in [0, 0.1) is 0 Å². The van der Waals surface area contributed by atoms with E-state index in [0.29, 0.717) is 12.0 Å². The molecular weight excluding hydrogens is 350 g/mol. The molecule has 1 aromatic heterocycles. The molecular formula is C20H20ClN3O2. The van der Waals surface area contributed by atoms with Crippen LogP contribution in [0.15, 0.2) is 54.4 Å². The first kappa shape index (κ1) is 18.1. The van der Waals surface area contributed by atoms with Crippen LogP contribution in [0.4, 0.5) is 0 Å². The predicted molar refractivity (Wildman–Crippen MR) is 101 cm³/mol. The third kappa shape index (κ3) is 3.10. The highest BCUT2D eigenvalue weighted by Crippen LogP contribution is 2.31. The zero-order valence-corrected chi connectivity index (χ0v) is 15.7. The van der Waals surface area contributed by atoms with E-state index in [-0.39, 0.29) is 22.7 Å². The Morgan fingerprint density at radius 3 is 2.46 bits per heavy atom. The Hall–Kier alpha value is -2.66. The average Bonchev–Trinajstić information content (AvgIpc) is 2.65. The van der Waals surface area contributed by atoms with E-state index in [9.17, 15) is 9.59 Å². The van der Waals surface area contributed by atoms with Crippen LogP contribution in [0.5, 0.6) is 0 Å². The van der Waals surface area contributed by atoms with Crippen LogP contribution < -0.4 is 0 Å². The number of carbonyl (C=O) groups is 2. The maximum Gasteiger partial charge on any atom is 0.271 e. The molecule has 134 valence electrons. The number of likely N-dealkylation sites (N-methyl/N-ethyl adjacent to an activating group) is 2. The number of amides is 2. The number of halogens is 1. The molecule has 1 aliphatic rings. The summed E-state index contributed by atoms with van der Waals surface area (Å²) in [6, 6.07) is 13.2. The monoisotopic (exact) mass is 369 g/mol. The summed E-state index contributed by atoms with van der Waals surface area (Å²) in [6.07, 6.45) is 3.62. The second-order valence-electron chi connectivity index (χ2n) is 6.58. The summed E-state index contributed by atoms with van der Waals surface area (Å²) in [7, 11) is 3.28. The third-order valence-corrected chi connectivity index (χ3v) is 5.18. The number of aromatic nitrogens is 1. The minimum Gasteiger partial charge on any atom is -0.326 e. The number of hydrogen-bond acceptors (Lipinski definition) is 3. The first-order chi connectivity index (χ1) is 12.3. The molecule has 1 fully saturated rings. The molecule has 0 spiro atoms. The lowest BCUT2D eigenvalue weighted by molar-refractivity contribution is -0.155. The second-order valence-corrected chi connectivity index (χ2v) is 6.94. The average molecular weight is 370 g/mol. The molecule has 0 N–H and O–H groups in total. The molecule has 2 amide bonds. The molecule has 1 aromatic carbocycles. The van der Waals surface area contributed by atoms with Crippen LogP contribution in [0.25, 0.3) is 6.08 Å². The van der Waals surface area contributed by atoms with E-state index in [1.807, 2.05) is 30.3 Å². The van der Waals surface area contributed by atoms with Crippen molar-refractivity contribution in [2.45, 2.75) is 18.9 Å². The number of benzene rings is 1. The van der Waals surface area contributed by atoms with Crippen molar-refractivity contribution in [3.8, 4) is 0 Å². The lowest BCUT2D eigenvalue weighted by Gasteiger charge is -2.45. The highest BCUT2D eigenvalue weighted by molar-refractivity contribution is 6.31. The first-order valence-electron chi connectivity index (χ1n) is 8.27. The van der Waals surface area contributed by atoms with Gasteiger partial charge in [-0.1, -0.05) is 48.0 Å². The van der Waals surface area contributed by atoms with Crippen molar-refractivity contribution < 1.29 is 9.59 Å². The second kappa shape index (κ2) is 6.92. The van der Waals surface area contributed by atoms with E-state index in [2.05, 4.69) is 4.98 Å². The van der Waals surface area contributed by atoms with Crippen molar-refractivity contribution in [1.82, 2.24) is 14.8 Å². The Bertz CT molecular complexity index is 882. The quantitative estimate of drug-likeness (QED) is 0.617. The number of pyridine rings is 1. The fraction of sp³-hybridized carbons (Fsp3) is 0.250. The smallest absolute Gasteiger partial charge is 0.271 e. The molecule has 5 nitrogen and oxygen atoms in total. The molecule has 3 rings (SSSR count). The summed E-state index contributed by atoms with van der Waals surface area (Å²) in [5.74, 6) is -0.375. The Morgan fingerprint density at radius 2 is 1.81 bits per heavy atom. The van der Waals surface area contributed by atoms with Crippen molar-refractivity contribution in [2.24, 2.45) is 0 Å². The van der Waals surface area contributed by atoms with Gasteiger partial charge in [-0.2, -0.15) is 0 Å². The van der Waals surface area contributed by atoms with Crippen LogP contribution in [0.2, 0.25) is 5.15 Å². The van der Waals surface area contributed by atoms with Gasteiger partial charge in [-0.15, -0.1) is 0 Å². The van der Waals surface area contributed by atoms with Gasteiger partial charge in [0.2, 0.25) is 0 Å². The molecule has 0 aliphatic carbocycles. The van der Waals surface area contributed by atoms with Gasteiger partial charge in [0, 0.05) is 32.3 Å². The minimum absolute atomic E-state index is 0.144. The zero-order valence-electron chi connectivity index (χ0n) is 14.9.